The Bertz CT molecular complexity index is 370. The Kier molecular flexibility index (Phi) is 4.08. The van der Waals surface area contributed by atoms with E-state index in [1.807, 2.05) is 0 Å². The second-order valence-electron chi connectivity index (χ2n) is 4.48. The molecule has 6 nitrogen and oxygen atoms in total. The molecule has 0 atom stereocenters. The van der Waals surface area contributed by atoms with Gasteiger partial charge in [0.25, 0.3) is 0 Å². The number of anilines is 1. The predicted octanol–water partition coefficient (Wildman–Crippen LogP) is 0.630. The predicted molar refractivity (Wildman–Crippen MR) is 64.5 cm³/mol. The van der Waals surface area contributed by atoms with E-state index in [1.165, 1.54) is 19.3 Å². The maximum absolute atomic E-state index is 11.6. The van der Waals surface area contributed by atoms with Gasteiger partial charge in [0, 0.05) is 20.0 Å². The van der Waals surface area contributed by atoms with Crippen molar-refractivity contribution in [2.45, 2.75) is 25.7 Å². The van der Waals surface area contributed by atoms with Gasteiger partial charge in [0.05, 0.1) is 6.20 Å². The van der Waals surface area contributed by atoms with E-state index < -0.39 is 0 Å². The summed E-state index contributed by atoms with van der Waals surface area (Å²) >= 11 is 0. The highest BCUT2D eigenvalue weighted by atomic mass is 16.1. The van der Waals surface area contributed by atoms with Crippen molar-refractivity contribution in [3.05, 3.63) is 6.20 Å². The molecule has 1 saturated heterocycles. The van der Waals surface area contributed by atoms with Crippen LogP contribution in [0, 0.1) is 0 Å². The quantitative estimate of drug-likeness (QED) is 0.834. The number of nitrogens with zero attached hydrogens (tertiary/aromatic N) is 4. The molecule has 1 aliphatic rings. The normalized spacial score (nSPS) is 17.0. The van der Waals surface area contributed by atoms with Crippen molar-refractivity contribution in [1.29, 1.82) is 0 Å². The van der Waals surface area contributed by atoms with Crippen LogP contribution in [0.25, 0.3) is 0 Å². The lowest BCUT2D eigenvalue weighted by Crippen LogP contribution is -2.32. The van der Waals surface area contributed by atoms with Gasteiger partial charge in [-0.25, -0.2) is 0 Å². The van der Waals surface area contributed by atoms with E-state index in [9.17, 15) is 4.79 Å². The molecule has 0 spiro atoms. The van der Waals surface area contributed by atoms with Crippen LogP contribution >= 0.6 is 0 Å². The van der Waals surface area contributed by atoms with E-state index in [0.717, 1.165) is 19.6 Å². The molecule has 1 fully saturated rings. The monoisotopic (exact) mass is 237 g/mol. The first-order valence-electron chi connectivity index (χ1n) is 6.12. The fourth-order valence-electron chi connectivity index (χ4n) is 2.05. The second-order valence-corrected chi connectivity index (χ2v) is 4.48. The summed E-state index contributed by atoms with van der Waals surface area (Å²) in [7, 11) is 1.77. The minimum absolute atomic E-state index is 0.0103. The Morgan fingerprint density at radius 2 is 2.18 bits per heavy atom. The van der Waals surface area contributed by atoms with Gasteiger partial charge in [-0.15, -0.1) is 5.10 Å². The van der Waals surface area contributed by atoms with Crippen molar-refractivity contribution in [1.82, 2.24) is 19.9 Å². The van der Waals surface area contributed by atoms with E-state index >= 15 is 0 Å². The molecular formula is C11H19N5O. The zero-order valence-corrected chi connectivity index (χ0v) is 10.2. The molecule has 1 aliphatic heterocycles. The van der Waals surface area contributed by atoms with Gasteiger partial charge in [0.2, 0.25) is 5.91 Å². The summed E-state index contributed by atoms with van der Waals surface area (Å²) in [6.07, 6.45) is 6.05. The topological polar surface area (TPSA) is 63.1 Å². The number of rotatable bonds is 4. The zero-order valence-electron chi connectivity index (χ0n) is 10.2. The number of aromatic nitrogens is 3. The zero-order chi connectivity index (χ0) is 12.1. The number of hydrogen-bond acceptors (Lipinski definition) is 4. The van der Waals surface area contributed by atoms with Crippen LogP contribution in [-0.2, 0) is 11.8 Å². The number of aryl methyl sites for hydroxylation is 1. The average molecular weight is 237 g/mol. The van der Waals surface area contributed by atoms with Gasteiger partial charge in [-0.2, -0.15) is 0 Å². The maximum atomic E-state index is 11.6. The molecule has 1 aromatic rings. The van der Waals surface area contributed by atoms with Gasteiger partial charge in [0.1, 0.15) is 0 Å². The number of carbonyl (C=O) groups excluding carboxylic acids is 1. The van der Waals surface area contributed by atoms with E-state index in [-0.39, 0.29) is 5.91 Å². The average Bonchev–Trinajstić information content (AvgIpc) is 2.73. The minimum atomic E-state index is 0.0103. The van der Waals surface area contributed by atoms with E-state index in [4.69, 9.17) is 0 Å². The van der Waals surface area contributed by atoms with Crippen molar-refractivity contribution in [3.63, 3.8) is 0 Å². The Morgan fingerprint density at radius 3 is 2.82 bits per heavy atom. The molecule has 1 aromatic heterocycles. The third-order valence-corrected chi connectivity index (χ3v) is 2.97. The minimum Gasteiger partial charge on any atom is -0.308 e. The summed E-state index contributed by atoms with van der Waals surface area (Å²) in [5, 5.41) is 10.3. The lowest BCUT2D eigenvalue weighted by atomic mass is 10.1. The number of carbonyl (C=O) groups is 1. The SMILES string of the molecule is Cn1cc(NC(=O)CCN2CCCCC2)nn1. The smallest absolute Gasteiger partial charge is 0.226 e. The summed E-state index contributed by atoms with van der Waals surface area (Å²) in [5.74, 6) is 0.534. The Labute approximate surface area is 101 Å². The second kappa shape index (κ2) is 5.77. The number of amides is 1. The lowest BCUT2D eigenvalue weighted by Gasteiger charge is -2.25. The number of piperidine rings is 1. The molecular weight excluding hydrogens is 218 g/mol. The molecule has 0 radical (unpaired) electrons. The molecule has 0 aliphatic carbocycles. The van der Waals surface area contributed by atoms with Gasteiger partial charge in [0.15, 0.2) is 5.82 Å². The maximum Gasteiger partial charge on any atom is 0.226 e. The Morgan fingerprint density at radius 1 is 1.41 bits per heavy atom. The number of likely N-dealkylation sites (tertiary alicyclic amines) is 1. The summed E-state index contributed by atoms with van der Waals surface area (Å²) < 4.78 is 1.57. The van der Waals surface area contributed by atoms with Crippen LogP contribution in [0.15, 0.2) is 6.20 Å². The number of hydrogen-bond donors (Lipinski definition) is 1. The molecule has 2 heterocycles. The van der Waals surface area contributed by atoms with Crippen LogP contribution in [0.1, 0.15) is 25.7 Å². The summed E-state index contributed by atoms with van der Waals surface area (Å²) in [5.41, 5.74) is 0. The van der Waals surface area contributed by atoms with Crippen LogP contribution in [0.3, 0.4) is 0 Å². The molecule has 1 amide bonds. The molecule has 94 valence electrons. The van der Waals surface area contributed by atoms with Gasteiger partial charge in [-0.1, -0.05) is 11.6 Å². The van der Waals surface area contributed by atoms with Crippen molar-refractivity contribution in [2.75, 3.05) is 25.0 Å². The van der Waals surface area contributed by atoms with E-state index in [0.29, 0.717) is 12.2 Å². The van der Waals surface area contributed by atoms with Gasteiger partial charge in [-0.3, -0.25) is 9.48 Å². The molecule has 6 heteroatoms. The van der Waals surface area contributed by atoms with Crippen molar-refractivity contribution in [2.24, 2.45) is 7.05 Å². The fraction of sp³-hybridized carbons (Fsp3) is 0.727. The van der Waals surface area contributed by atoms with Crippen LogP contribution in [0.5, 0.6) is 0 Å². The summed E-state index contributed by atoms with van der Waals surface area (Å²) in [6.45, 7) is 3.09. The third kappa shape index (κ3) is 3.81. The van der Waals surface area contributed by atoms with Gasteiger partial charge in [-0.05, 0) is 25.9 Å². The Hall–Kier alpha value is -1.43. The largest absolute Gasteiger partial charge is 0.308 e. The van der Waals surface area contributed by atoms with Crippen molar-refractivity contribution < 1.29 is 4.79 Å². The third-order valence-electron chi connectivity index (χ3n) is 2.97. The first-order valence-corrected chi connectivity index (χ1v) is 6.12. The Balaban J connectivity index is 1.70. The van der Waals surface area contributed by atoms with E-state index in [1.54, 1.807) is 17.9 Å². The molecule has 0 aromatic carbocycles. The molecule has 0 bridgehead atoms. The molecule has 1 N–H and O–H groups in total. The highest BCUT2D eigenvalue weighted by Crippen LogP contribution is 2.09. The van der Waals surface area contributed by atoms with Crippen LogP contribution in [0.4, 0.5) is 5.82 Å². The number of nitrogens with one attached hydrogen (secondary N) is 1. The van der Waals surface area contributed by atoms with E-state index in [2.05, 4.69) is 20.5 Å². The van der Waals surface area contributed by atoms with Crippen LogP contribution in [0.2, 0.25) is 0 Å². The molecule has 2 rings (SSSR count). The van der Waals surface area contributed by atoms with Crippen molar-refractivity contribution in [3.8, 4) is 0 Å². The van der Waals surface area contributed by atoms with Gasteiger partial charge >= 0.3 is 0 Å². The first kappa shape index (κ1) is 12.0. The first-order chi connectivity index (χ1) is 8.24. The summed E-state index contributed by atoms with van der Waals surface area (Å²) in [6, 6.07) is 0. The molecule has 0 unspecified atom stereocenters. The fourth-order valence-corrected chi connectivity index (χ4v) is 2.05. The lowest BCUT2D eigenvalue weighted by molar-refractivity contribution is -0.116. The summed E-state index contributed by atoms with van der Waals surface area (Å²) in [4.78, 5) is 14.0. The highest BCUT2D eigenvalue weighted by Gasteiger charge is 2.12. The highest BCUT2D eigenvalue weighted by molar-refractivity contribution is 5.89. The molecule has 0 saturated carbocycles. The standard InChI is InChI=1S/C11H19N5O/c1-15-9-10(13-14-15)12-11(17)5-8-16-6-3-2-4-7-16/h9H,2-8H2,1H3,(H,12,17). The molecule has 17 heavy (non-hydrogen) atoms. The van der Waals surface area contributed by atoms with Gasteiger partial charge < -0.3 is 10.2 Å². The van der Waals surface area contributed by atoms with Crippen molar-refractivity contribution >= 4 is 11.7 Å². The van der Waals surface area contributed by atoms with Crippen LogP contribution in [-0.4, -0.2) is 45.4 Å². The van der Waals surface area contributed by atoms with Crippen LogP contribution < -0.4 is 5.32 Å².